The summed E-state index contributed by atoms with van der Waals surface area (Å²) in [6.45, 7) is 0.0146. The molecule has 1 aliphatic rings. The van der Waals surface area contributed by atoms with E-state index in [2.05, 4.69) is 4.74 Å². The van der Waals surface area contributed by atoms with E-state index >= 15 is 0 Å². The number of hydrogen-bond acceptors (Lipinski definition) is 4. The topological polar surface area (TPSA) is 49.8 Å². The van der Waals surface area contributed by atoms with Crippen molar-refractivity contribution in [3.05, 3.63) is 0 Å². The third kappa shape index (κ3) is 2.38. The number of hydrogen-bond donors (Lipinski definition) is 1. The number of β-amino-alcohol motifs (C(OH)–C–C–N with tert-alkyl or cyclic N) is 1. The molecule has 0 aromatic heterocycles. The normalized spacial score (nSPS) is 29.2. The molecule has 1 rings (SSSR count). The number of halogens is 1. The molecule has 0 aliphatic carbocycles. The average Bonchev–Trinajstić information content (AvgIpc) is 2.46. The van der Waals surface area contributed by atoms with Gasteiger partial charge in [-0.1, -0.05) is 0 Å². The predicted molar refractivity (Wildman–Crippen MR) is 44.0 cm³/mol. The number of alkyl halides is 1. The number of rotatable bonds is 3. The second-order valence-electron chi connectivity index (χ2n) is 3.11. The maximum Gasteiger partial charge on any atom is 0.323 e. The smallest absolute Gasteiger partial charge is 0.323 e. The van der Waals surface area contributed by atoms with Crippen LogP contribution in [0.1, 0.15) is 6.42 Å². The van der Waals surface area contributed by atoms with E-state index in [0.29, 0.717) is 13.0 Å². The number of methoxy groups -OCH3 is 1. The molecule has 1 heterocycles. The third-order valence-electron chi connectivity index (χ3n) is 2.23. The van der Waals surface area contributed by atoms with Gasteiger partial charge in [0.25, 0.3) is 0 Å². The van der Waals surface area contributed by atoms with Crippen molar-refractivity contribution in [2.24, 2.45) is 0 Å². The molecule has 4 nitrogen and oxygen atoms in total. The Kier molecular flexibility index (Phi) is 3.62. The van der Waals surface area contributed by atoms with Crippen LogP contribution in [0.2, 0.25) is 0 Å². The first-order valence-electron chi connectivity index (χ1n) is 4.25. The molecular weight excluding hydrogens is 177 g/mol. The third-order valence-corrected chi connectivity index (χ3v) is 2.23. The molecule has 1 aliphatic heterocycles. The Morgan fingerprint density at radius 3 is 3.00 bits per heavy atom. The van der Waals surface area contributed by atoms with E-state index in [1.807, 2.05) is 0 Å². The highest BCUT2D eigenvalue weighted by Gasteiger charge is 2.36. The van der Waals surface area contributed by atoms with Crippen molar-refractivity contribution in [1.29, 1.82) is 0 Å². The summed E-state index contributed by atoms with van der Waals surface area (Å²) in [6, 6.07) is -0.476. The monoisotopic (exact) mass is 191 g/mol. The number of carbonyl (C=O) groups is 1. The predicted octanol–water partition coefficient (Wildman–Crippen LogP) is -0.436. The fourth-order valence-corrected chi connectivity index (χ4v) is 1.62. The fourth-order valence-electron chi connectivity index (χ4n) is 1.62. The highest BCUT2D eigenvalue weighted by Crippen LogP contribution is 2.18. The highest BCUT2D eigenvalue weighted by molar-refractivity contribution is 5.76. The molecule has 76 valence electrons. The van der Waals surface area contributed by atoms with Gasteiger partial charge in [-0.15, -0.1) is 0 Å². The van der Waals surface area contributed by atoms with Crippen molar-refractivity contribution in [1.82, 2.24) is 4.90 Å². The Morgan fingerprint density at radius 2 is 2.46 bits per heavy atom. The van der Waals surface area contributed by atoms with Crippen LogP contribution in [0.3, 0.4) is 0 Å². The van der Waals surface area contributed by atoms with Crippen molar-refractivity contribution < 1.29 is 19.0 Å². The first-order valence-corrected chi connectivity index (χ1v) is 4.25. The lowest BCUT2D eigenvalue weighted by Gasteiger charge is -2.19. The first-order chi connectivity index (χ1) is 6.19. The Hall–Kier alpha value is -0.680. The van der Waals surface area contributed by atoms with E-state index in [1.54, 1.807) is 4.90 Å². The second-order valence-corrected chi connectivity index (χ2v) is 3.11. The summed E-state index contributed by atoms with van der Waals surface area (Å²) in [5.41, 5.74) is 0. The van der Waals surface area contributed by atoms with Crippen LogP contribution in [0.5, 0.6) is 0 Å². The number of ether oxygens (including phenoxy) is 1. The molecule has 0 saturated carbocycles. The molecule has 0 bridgehead atoms. The van der Waals surface area contributed by atoms with E-state index in [1.165, 1.54) is 7.11 Å². The molecule has 0 spiro atoms. The van der Waals surface area contributed by atoms with Crippen molar-refractivity contribution in [2.75, 3.05) is 26.9 Å². The minimum Gasteiger partial charge on any atom is -0.468 e. The lowest BCUT2D eigenvalue weighted by Crippen LogP contribution is -2.38. The average molecular weight is 191 g/mol. The van der Waals surface area contributed by atoms with Gasteiger partial charge >= 0.3 is 5.97 Å². The number of carbonyl (C=O) groups excluding carboxylic acids is 1. The van der Waals surface area contributed by atoms with E-state index < -0.39 is 24.8 Å². The molecule has 1 saturated heterocycles. The van der Waals surface area contributed by atoms with Crippen LogP contribution in [0.4, 0.5) is 4.39 Å². The standard InChI is InChI=1S/C8H14FNO3/c1-13-8(12)7-4-6(11)5-10(7)3-2-9/h6-7,11H,2-5H2,1H3. The van der Waals surface area contributed by atoms with Crippen molar-refractivity contribution >= 4 is 5.97 Å². The van der Waals surface area contributed by atoms with Crippen LogP contribution in [0, 0.1) is 0 Å². The largest absolute Gasteiger partial charge is 0.468 e. The van der Waals surface area contributed by atoms with Gasteiger partial charge < -0.3 is 9.84 Å². The molecule has 13 heavy (non-hydrogen) atoms. The second kappa shape index (κ2) is 4.53. The summed E-state index contributed by atoms with van der Waals surface area (Å²) < 4.78 is 16.6. The Bertz CT molecular complexity index is 188. The first kappa shape index (κ1) is 10.4. The molecule has 1 N–H and O–H groups in total. The number of nitrogens with zero attached hydrogens (tertiary/aromatic N) is 1. The van der Waals surface area contributed by atoms with E-state index in [-0.39, 0.29) is 6.54 Å². The van der Waals surface area contributed by atoms with Gasteiger partial charge in [0, 0.05) is 19.5 Å². The molecular formula is C8H14FNO3. The highest BCUT2D eigenvalue weighted by atomic mass is 19.1. The number of aliphatic hydroxyl groups is 1. The van der Waals surface area contributed by atoms with Crippen LogP contribution in [0.25, 0.3) is 0 Å². The van der Waals surface area contributed by atoms with Gasteiger partial charge in [-0.2, -0.15) is 0 Å². The Labute approximate surface area is 76.3 Å². The van der Waals surface area contributed by atoms with Crippen LogP contribution in [0.15, 0.2) is 0 Å². The quantitative estimate of drug-likeness (QED) is 0.615. The summed E-state index contributed by atoms with van der Waals surface area (Å²) in [5, 5.41) is 9.27. The van der Waals surface area contributed by atoms with Gasteiger partial charge in [0.1, 0.15) is 12.7 Å². The number of esters is 1. The zero-order valence-corrected chi connectivity index (χ0v) is 7.57. The summed E-state index contributed by atoms with van der Waals surface area (Å²) in [7, 11) is 1.29. The fraction of sp³-hybridized carbons (Fsp3) is 0.875. The van der Waals surface area contributed by atoms with E-state index in [4.69, 9.17) is 0 Å². The van der Waals surface area contributed by atoms with Crippen molar-refractivity contribution in [3.63, 3.8) is 0 Å². The molecule has 0 aromatic carbocycles. The zero-order valence-electron chi connectivity index (χ0n) is 7.57. The van der Waals surface area contributed by atoms with Gasteiger partial charge in [0.15, 0.2) is 0 Å². The lowest BCUT2D eigenvalue weighted by molar-refractivity contribution is -0.145. The summed E-state index contributed by atoms with van der Waals surface area (Å²) in [5.74, 6) is -0.398. The molecule has 2 unspecified atom stereocenters. The molecule has 0 amide bonds. The van der Waals surface area contributed by atoms with Gasteiger partial charge in [-0.3, -0.25) is 9.69 Å². The molecule has 1 fully saturated rings. The maximum atomic E-state index is 12.0. The van der Waals surface area contributed by atoms with Crippen LogP contribution >= 0.6 is 0 Å². The lowest BCUT2D eigenvalue weighted by atomic mass is 10.2. The number of likely N-dealkylation sites (tertiary alicyclic amines) is 1. The maximum absolute atomic E-state index is 12.0. The van der Waals surface area contributed by atoms with Crippen molar-refractivity contribution in [3.8, 4) is 0 Å². The number of aliphatic hydroxyl groups excluding tert-OH is 1. The minimum absolute atomic E-state index is 0.177. The van der Waals surface area contributed by atoms with Crippen molar-refractivity contribution in [2.45, 2.75) is 18.6 Å². The van der Waals surface area contributed by atoms with Gasteiger partial charge in [0.05, 0.1) is 13.2 Å². The van der Waals surface area contributed by atoms with Crippen LogP contribution < -0.4 is 0 Å². The zero-order chi connectivity index (χ0) is 9.84. The van der Waals surface area contributed by atoms with E-state index in [0.717, 1.165) is 0 Å². The van der Waals surface area contributed by atoms with E-state index in [9.17, 15) is 14.3 Å². The molecule has 5 heteroatoms. The summed E-state index contributed by atoms with van der Waals surface area (Å²) >= 11 is 0. The van der Waals surface area contributed by atoms with Crippen LogP contribution in [-0.4, -0.2) is 55.0 Å². The summed E-state index contributed by atoms with van der Waals surface area (Å²) in [4.78, 5) is 12.8. The molecule has 0 aromatic rings. The van der Waals surface area contributed by atoms with Gasteiger partial charge in [-0.05, 0) is 0 Å². The summed E-state index contributed by atoms with van der Waals surface area (Å²) in [6.07, 6.45) is -0.206. The Balaban J connectivity index is 2.55. The van der Waals surface area contributed by atoms with Crippen LogP contribution in [-0.2, 0) is 9.53 Å². The van der Waals surface area contributed by atoms with Gasteiger partial charge in [0.2, 0.25) is 0 Å². The SMILES string of the molecule is COC(=O)C1CC(O)CN1CCF. The molecule has 0 radical (unpaired) electrons. The molecule has 2 atom stereocenters. The minimum atomic E-state index is -0.546. The van der Waals surface area contributed by atoms with Gasteiger partial charge in [-0.25, -0.2) is 4.39 Å². The Morgan fingerprint density at radius 1 is 1.77 bits per heavy atom.